The summed E-state index contributed by atoms with van der Waals surface area (Å²) in [6.07, 6.45) is 3.91. The summed E-state index contributed by atoms with van der Waals surface area (Å²) in [5, 5.41) is 13.1. The van der Waals surface area contributed by atoms with Gasteiger partial charge in [0.15, 0.2) is 5.78 Å². The molecule has 0 radical (unpaired) electrons. The monoisotopic (exact) mass is 463 g/mol. The molecule has 0 aliphatic heterocycles. The van der Waals surface area contributed by atoms with Gasteiger partial charge in [-0.2, -0.15) is 0 Å². The Morgan fingerprint density at radius 3 is 1.80 bits per heavy atom. The molecule has 0 heterocycles. The van der Waals surface area contributed by atoms with Crippen molar-refractivity contribution in [2.75, 3.05) is 5.32 Å². The van der Waals surface area contributed by atoms with Crippen LogP contribution in [0.4, 0.5) is 5.69 Å². The summed E-state index contributed by atoms with van der Waals surface area (Å²) in [6, 6.07) is 26.5. The molecule has 2 bridgehead atoms. The van der Waals surface area contributed by atoms with Gasteiger partial charge in [-0.05, 0) is 41.3 Å². The van der Waals surface area contributed by atoms with Crippen LogP contribution in [-0.2, 0) is 9.59 Å². The van der Waals surface area contributed by atoms with Gasteiger partial charge in [-0.3, -0.25) is 14.4 Å². The van der Waals surface area contributed by atoms with E-state index < -0.39 is 17.8 Å². The molecule has 0 aromatic heterocycles. The summed E-state index contributed by atoms with van der Waals surface area (Å²) in [6.45, 7) is 1.47. The number of carboxylic acids is 1. The topological polar surface area (TPSA) is 83.5 Å². The van der Waals surface area contributed by atoms with Gasteiger partial charge in [-0.1, -0.05) is 84.9 Å². The van der Waals surface area contributed by atoms with E-state index in [4.69, 9.17) is 0 Å². The van der Waals surface area contributed by atoms with Gasteiger partial charge in [0.25, 0.3) is 0 Å². The van der Waals surface area contributed by atoms with Crippen molar-refractivity contribution in [1.82, 2.24) is 0 Å². The molecule has 1 amide bonds. The molecule has 4 atom stereocenters. The third-order valence-electron chi connectivity index (χ3n) is 6.94. The number of carbonyl (C=O) groups is 3. The lowest BCUT2D eigenvalue weighted by atomic mass is 9.82. The van der Waals surface area contributed by atoms with Crippen LogP contribution in [0, 0.1) is 23.7 Å². The molecule has 35 heavy (non-hydrogen) atoms. The normalized spacial score (nSPS) is 22.1. The van der Waals surface area contributed by atoms with E-state index in [1.54, 1.807) is 24.3 Å². The van der Waals surface area contributed by atoms with Gasteiger partial charge in [0, 0.05) is 23.1 Å². The first kappa shape index (κ1) is 22.5. The lowest BCUT2D eigenvalue weighted by Gasteiger charge is -2.23. The van der Waals surface area contributed by atoms with Crippen LogP contribution in [0.3, 0.4) is 0 Å². The van der Waals surface area contributed by atoms with Crippen molar-refractivity contribution in [3.05, 3.63) is 119 Å². The minimum absolute atomic E-state index is 0.104. The third-order valence-corrected chi connectivity index (χ3v) is 6.94. The zero-order valence-electron chi connectivity index (χ0n) is 19.2. The number of benzene rings is 3. The molecule has 5 nitrogen and oxygen atoms in total. The van der Waals surface area contributed by atoms with E-state index in [0.717, 1.165) is 22.3 Å². The third kappa shape index (κ3) is 4.10. The molecular weight excluding hydrogens is 438 g/mol. The van der Waals surface area contributed by atoms with Crippen molar-refractivity contribution in [1.29, 1.82) is 0 Å². The second kappa shape index (κ2) is 9.18. The molecule has 174 valence electrons. The largest absolute Gasteiger partial charge is 0.481 e. The SMILES string of the molecule is CC(=O)c1cccc(NC(=O)[C@H]2[C@H](C(=O)O)[C@H]3C=C[C@H]2C3=C(c2ccccc2)c2ccccc2)c1. The first-order chi connectivity index (χ1) is 17.0. The average Bonchev–Trinajstić information content (AvgIpc) is 3.42. The number of allylic oxidation sites excluding steroid dienone is 3. The minimum atomic E-state index is -0.988. The lowest BCUT2D eigenvalue weighted by molar-refractivity contribution is -0.146. The Balaban J connectivity index is 1.60. The molecule has 5 heteroatoms. The van der Waals surface area contributed by atoms with E-state index in [1.807, 2.05) is 72.8 Å². The molecule has 2 aliphatic carbocycles. The molecule has 2 aliphatic rings. The molecule has 3 aromatic rings. The van der Waals surface area contributed by atoms with Crippen LogP contribution in [0.5, 0.6) is 0 Å². The maximum Gasteiger partial charge on any atom is 0.308 e. The molecule has 1 saturated carbocycles. The highest BCUT2D eigenvalue weighted by molar-refractivity contribution is 6.00. The quantitative estimate of drug-likeness (QED) is 0.375. The molecule has 3 aromatic carbocycles. The van der Waals surface area contributed by atoms with E-state index in [2.05, 4.69) is 5.32 Å². The van der Waals surface area contributed by atoms with E-state index in [-0.39, 0.29) is 23.5 Å². The van der Waals surface area contributed by atoms with Crippen molar-refractivity contribution in [2.45, 2.75) is 6.92 Å². The second-order valence-corrected chi connectivity index (χ2v) is 9.01. The van der Waals surface area contributed by atoms with Gasteiger partial charge in [0.05, 0.1) is 11.8 Å². The number of hydrogen-bond acceptors (Lipinski definition) is 3. The summed E-state index contributed by atoms with van der Waals surface area (Å²) in [5.41, 5.74) is 4.90. The summed E-state index contributed by atoms with van der Waals surface area (Å²) >= 11 is 0. The molecule has 0 saturated heterocycles. The smallest absolute Gasteiger partial charge is 0.308 e. The van der Waals surface area contributed by atoms with Gasteiger partial charge in [0.1, 0.15) is 0 Å². The number of hydrogen-bond donors (Lipinski definition) is 2. The molecule has 5 rings (SSSR count). The lowest BCUT2D eigenvalue weighted by Crippen LogP contribution is -2.36. The predicted octanol–water partition coefficient (Wildman–Crippen LogP) is 5.46. The van der Waals surface area contributed by atoms with Crippen LogP contribution in [0.2, 0.25) is 0 Å². The van der Waals surface area contributed by atoms with Crippen LogP contribution in [0.25, 0.3) is 5.57 Å². The van der Waals surface area contributed by atoms with E-state index in [9.17, 15) is 19.5 Å². The first-order valence-electron chi connectivity index (χ1n) is 11.6. The summed E-state index contributed by atoms with van der Waals surface area (Å²) < 4.78 is 0. The number of fused-ring (bicyclic) bond motifs is 2. The van der Waals surface area contributed by atoms with Crippen LogP contribution in [0.15, 0.2) is 103 Å². The van der Waals surface area contributed by atoms with Crippen molar-refractivity contribution >= 4 is 28.9 Å². The maximum atomic E-state index is 13.5. The van der Waals surface area contributed by atoms with Gasteiger partial charge in [-0.15, -0.1) is 0 Å². The highest BCUT2D eigenvalue weighted by atomic mass is 16.4. The second-order valence-electron chi connectivity index (χ2n) is 9.01. The zero-order chi connectivity index (χ0) is 24.5. The first-order valence-corrected chi connectivity index (χ1v) is 11.6. The Morgan fingerprint density at radius 1 is 0.714 bits per heavy atom. The van der Waals surface area contributed by atoms with Gasteiger partial charge in [-0.25, -0.2) is 0 Å². The number of carbonyl (C=O) groups excluding carboxylic acids is 2. The van der Waals surface area contributed by atoms with Gasteiger partial charge in [0.2, 0.25) is 5.91 Å². The maximum absolute atomic E-state index is 13.5. The molecule has 0 unspecified atom stereocenters. The average molecular weight is 464 g/mol. The minimum Gasteiger partial charge on any atom is -0.481 e. The number of anilines is 1. The van der Waals surface area contributed by atoms with E-state index in [0.29, 0.717) is 11.3 Å². The zero-order valence-corrected chi connectivity index (χ0v) is 19.2. The number of rotatable bonds is 6. The van der Waals surface area contributed by atoms with Crippen LogP contribution < -0.4 is 5.32 Å². The van der Waals surface area contributed by atoms with E-state index in [1.165, 1.54) is 6.92 Å². The molecular formula is C30H25NO4. The van der Waals surface area contributed by atoms with Crippen molar-refractivity contribution in [3.63, 3.8) is 0 Å². The van der Waals surface area contributed by atoms with Crippen molar-refractivity contribution in [2.24, 2.45) is 23.7 Å². The summed E-state index contributed by atoms with van der Waals surface area (Å²) in [5.74, 6) is -3.81. The molecule has 0 spiro atoms. The fourth-order valence-electron chi connectivity index (χ4n) is 5.46. The number of Topliss-reactive ketones (excluding diaryl/α,β-unsaturated/α-hetero) is 1. The van der Waals surface area contributed by atoms with Crippen LogP contribution >= 0.6 is 0 Å². The predicted molar refractivity (Wildman–Crippen MR) is 135 cm³/mol. The standard InChI is InChI=1S/C30H25NO4/c1-18(32)21-13-8-14-22(17-21)31-29(33)27-23-15-16-24(28(27)30(34)35)26(23)25(19-9-4-2-5-10-19)20-11-6-3-7-12-20/h2-17,23-24,27-28H,1H3,(H,31,33)(H,34,35)/t23-,24-,27+,28+/m0/s1. The number of aliphatic carboxylic acids is 1. The Hall–Kier alpha value is -4.25. The highest BCUT2D eigenvalue weighted by Gasteiger charge is 2.55. The van der Waals surface area contributed by atoms with Crippen molar-refractivity contribution in [3.8, 4) is 0 Å². The number of nitrogens with one attached hydrogen (secondary N) is 1. The Kier molecular flexibility index (Phi) is 5.91. The fourth-order valence-corrected chi connectivity index (χ4v) is 5.46. The van der Waals surface area contributed by atoms with Crippen LogP contribution in [0.1, 0.15) is 28.4 Å². The Morgan fingerprint density at radius 2 is 1.26 bits per heavy atom. The summed E-state index contributed by atoms with van der Waals surface area (Å²) in [7, 11) is 0. The van der Waals surface area contributed by atoms with Crippen molar-refractivity contribution < 1.29 is 19.5 Å². The van der Waals surface area contributed by atoms with E-state index >= 15 is 0 Å². The summed E-state index contributed by atoms with van der Waals surface area (Å²) in [4.78, 5) is 37.8. The fraction of sp³-hybridized carbons (Fsp3) is 0.167. The van der Waals surface area contributed by atoms with Gasteiger partial charge < -0.3 is 10.4 Å². The molecule has 1 fully saturated rings. The Bertz CT molecular complexity index is 1320. The molecule has 2 N–H and O–H groups in total. The number of carboxylic acid groups (broad SMARTS) is 1. The highest BCUT2D eigenvalue weighted by Crippen LogP contribution is 2.55. The van der Waals surface area contributed by atoms with Gasteiger partial charge >= 0.3 is 5.97 Å². The van der Waals surface area contributed by atoms with Crippen LogP contribution in [-0.4, -0.2) is 22.8 Å². The Labute approximate surface area is 203 Å². The number of ketones is 1. The number of amides is 1.